The third-order valence-electron chi connectivity index (χ3n) is 5.57. The Hall–Kier alpha value is -3.12. The van der Waals surface area contributed by atoms with E-state index in [1.54, 1.807) is 24.3 Å². The van der Waals surface area contributed by atoms with Crippen LogP contribution in [0.4, 0.5) is 24.5 Å². The second-order valence-electron chi connectivity index (χ2n) is 8.06. The van der Waals surface area contributed by atoms with Gasteiger partial charge in [-0.3, -0.25) is 0 Å². The molecule has 0 bridgehead atoms. The summed E-state index contributed by atoms with van der Waals surface area (Å²) in [7, 11) is -3.00. The summed E-state index contributed by atoms with van der Waals surface area (Å²) in [6.45, 7) is -0.850. The third kappa shape index (κ3) is 6.02. The first-order valence-corrected chi connectivity index (χ1v) is 12.5. The van der Waals surface area contributed by atoms with Crippen LogP contribution in [0.15, 0.2) is 54.6 Å². The number of alkyl halides is 3. The van der Waals surface area contributed by atoms with Gasteiger partial charge in [0.2, 0.25) is 0 Å². The Kier molecular flexibility index (Phi) is 6.56. The molecule has 1 aliphatic rings. The summed E-state index contributed by atoms with van der Waals surface area (Å²) in [5.74, 6) is 6.02. The summed E-state index contributed by atoms with van der Waals surface area (Å²) in [6, 6.07) is 16.2. The van der Waals surface area contributed by atoms with Crippen LogP contribution in [0, 0.1) is 11.8 Å². The molecule has 0 spiro atoms. The summed E-state index contributed by atoms with van der Waals surface area (Å²) in [6.07, 6.45) is -3.45. The maximum Gasteiger partial charge on any atom is 0.406 e. The molecule has 1 aliphatic heterocycles. The molecule has 33 heavy (non-hydrogen) atoms. The summed E-state index contributed by atoms with van der Waals surface area (Å²) in [5, 5.41) is 7.09. The molecule has 0 amide bonds. The minimum atomic E-state index is -4.40. The zero-order valence-corrected chi connectivity index (χ0v) is 18.6. The van der Waals surface area contributed by atoms with Crippen molar-refractivity contribution in [3.05, 3.63) is 60.3 Å². The fraction of sp³-hybridized carbons (Fsp3) is 0.333. The summed E-state index contributed by atoms with van der Waals surface area (Å²) >= 11 is 0. The molecule has 5 nitrogen and oxygen atoms in total. The highest BCUT2D eigenvalue weighted by Gasteiger charge is 2.30. The van der Waals surface area contributed by atoms with Gasteiger partial charge in [-0.15, -0.1) is 0 Å². The molecular formula is C24H24F3N3O2S. The van der Waals surface area contributed by atoms with Crippen LogP contribution < -0.4 is 10.6 Å². The lowest BCUT2D eigenvalue weighted by Gasteiger charge is -2.24. The van der Waals surface area contributed by atoms with Gasteiger partial charge in [0.05, 0.1) is 29.3 Å². The number of para-hydroxylation sites is 1. The van der Waals surface area contributed by atoms with Crippen molar-refractivity contribution in [3.8, 4) is 11.8 Å². The van der Waals surface area contributed by atoms with E-state index in [1.165, 1.54) is 4.57 Å². The number of sulfone groups is 1. The van der Waals surface area contributed by atoms with Crippen LogP contribution in [0.1, 0.15) is 18.5 Å². The number of hydrogen-bond donors (Lipinski definition) is 2. The van der Waals surface area contributed by atoms with Crippen molar-refractivity contribution >= 4 is 32.1 Å². The molecular weight excluding hydrogens is 451 g/mol. The van der Waals surface area contributed by atoms with Crippen molar-refractivity contribution in [1.82, 2.24) is 4.57 Å². The van der Waals surface area contributed by atoms with Crippen molar-refractivity contribution in [2.45, 2.75) is 31.6 Å². The molecule has 0 radical (unpaired) electrons. The Bertz CT molecular complexity index is 1280. The Labute approximate surface area is 190 Å². The van der Waals surface area contributed by atoms with Crippen LogP contribution >= 0.6 is 0 Å². The van der Waals surface area contributed by atoms with Crippen molar-refractivity contribution in [2.75, 3.05) is 28.7 Å². The van der Waals surface area contributed by atoms with Crippen LogP contribution in [-0.2, 0) is 16.4 Å². The van der Waals surface area contributed by atoms with Crippen molar-refractivity contribution < 1.29 is 21.6 Å². The molecule has 1 saturated heterocycles. The average Bonchev–Trinajstić information content (AvgIpc) is 3.10. The highest BCUT2D eigenvalue weighted by atomic mass is 32.2. The molecule has 1 aromatic heterocycles. The molecule has 0 unspecified atom stereocenters. The molecule has 2 aromatic carbocycles. The van der Waals surface area contributed by atoms with Crippen molar-refractivity contribution in [1.29, 1.82) is 0 Å². The van der Waals surface area contributed by atoms with E-state index in [4.69, 9.17) is 0 Å². The average molecular weight is 476 g/mol. The number of nitrogens with one attached hydrogen (secondary N) is 2. The van der Waals surface area contributed by atoms with Gasteiger partial charge in [-0.25, -0.2) is 8.42 Å². The second kappa shape index (κ2) is 9.40. The summed E-state index contributed by atoms with van der Waals surface area (Å²) in [4.78, 5) is 0. The van der Waals surface area contributed by atoms with E-state index in [0.29, 0.717) is 36.0 Å². The molecule has 174 valence electrons. The zero-order valence-electron chi connectivity index (χ0n) is 17.8. The number of anilines is 2. The maximum absolute atomic E-state index is 13.3. The number of nitrogens with zero attached hydrogens (tertiary/aromatic N) is 1. The van der Waals surface area contributed by atoms with E-state index in [-0.39, 0.29) is 23.2 Å². The Morgan fingerprint density at radius 3 is 2.45 bits per heavy atom. The first kappa shape index (κ1) is 23.1. The largest absolute Gasteiger partial charge is 0.406 e. The van der Waals surface area contributed by atoms with Crippen LogP contribution in [0.5, 0.6) is 0 Å². The van der Waals surface area contributed by atoms with Crippen molar-refractivity contribution in [2.24, 2.45) is 0 Å². The number of hydrogen-bond acceptors (Lipinski definition) is 4. The van der Waals surface area contributed by atoms with Crippen LogP contribution in [0.2, 0.25) is 0 Å². The molecule has 2 N–H and O–H groups in total. The standard InChI is InChI=1S/C24H24F3N3O2S/c25-24(26,27)17-30-20(8-5-13-28-18-6-2-1-3-7-18)16-21-22(9-4-10-23(21)30)29-19-11-14-33(31,32)15-12-19/h1-4,6-7,9-10,16,19,28-29H,11-15,17H2. The lowest BCUT2D eigenvalue weighted by Crippen LogP contribution is -2.32. The SMILES string of the molecule is O=S1(=O)CCC(Nc2cccc3c2cc(C#CCNc2ccccc2)n3CC(F)(F)F)CC1. The van der Waals surface area contributed by atoms with Gasteiger partial charge in [0, 0.05) is 22.8 Å². The smallest absolute Gasteiger partial charge is 0.382 e. The van der Waals surface area contributed by atoms with E-state index < -0.39 is 22.6 Å². The van der Waals surface area contributed by atoms with Gasteiger partial charge in [-0.1, -0.05) is 30.2 Å². The van der Waals surface area contributed by atoms with E-state index >= 15 is 0 Å². The molecule has 9 heteroatoms. The highest BCUT2D eigenvalue weighted by molar-refractivity contribution is 7.91. The quantitative estimate of drug-likeness (QED) is 0.527. The van der Waals surface area contributed by atoms with Gasteiger partial charge in [0.1, 0.15) is 16.4 Å². The van der Waals surface area contributed by atoms with E-state index in [1.807, 2.05) is 30.3 Å². The van der Waals surface area contributed by atoms with Gasteiger partial charge in [-0.2, -0.15) is 13.2 Å². The van der Waals surface area contributed by atoms with Gasteiger partial charge >= 0.3 is 6.18 Å². The molecule has 0 atom stereocenters. The molecule has 4 rings (SSSR count). The Morgan fingerprint density at radius 1 is 1.03 bits per heavy atom. The van der Waals surface area contributed by atoms with Crippen LogP contribution in [0.3, 0.4) is 0 Å². The molecule has 2 heterocycles. The predicted molar refractivity (Wildman–Crippen MR) is 125 cm³/mol. The van der Waals surface area contributed by atoms with Gasteiger partial charge in [0.25, 0.3) is 0 Å². The lowest BCUT2D eigenvalue weighted by molar-refractivity contribution is -0.140. The Morgan fingerprint density at radius 2 is 1.76 bits per heavy atom. The normalized spacial score (nSPS) is 16.2. The molecule has 0 saturated carbocycles. The van der Waals surface area contributed by atoms with Crippen LogP contribution in [0.25, 0.3) is 10.9 Å². The topological polar surface area (TPSA) is 63.1 Å². The lowest BCUT2D eigenvalue weighted by atomic mass is 10.1. The minimum Gasteiger partial charge on any atom is -0.382 e. The second-order valence-corrected chi connectivity index (χ2v) is 10.4. The number of benzene rings is 2. The van der Waals surface area contributed by atoms with Gasteiger partial charge < -0.3 is 15.2 Å². The van der Waals surface area contributed by atoms with Gasteiger partial charge in [0.15, 0.2) is 0 Å². The fourth-order valence-corrected chi connectivity index (χ4v) is 5.45. The number of halogens is 3. The fourth-order valence-electron chi connectivity index (χ4n) is 3.95. The number of aromatic nitrogens is 1. The van der Waals surface area contributed by atoms with E-state index in [0.717, 1.165) is 5.69 Å². The third-order valence-corrected chi connectivity index (χ3v) is 7.28. The number of rotatable bonds is 5. The van der Waals surface area contributed by atoms with Crippen molar-refractivity contribution in [3.63, 3.8) is 0 Å². The highest BCUT2D eigenvalue weighted by Crippen LogP contribution is 2.31. The minimum absolute atomic E-state index is 0.0466. The molecule has 3 aromatic rings. The summed E-state index contributed by atoms with van der Waals surface area (Å²) in [5.41, 5.74) is 2.27. The van der Waals surface area contributed by atoms with E-state index in [2.05, 4.69) is 22.5 Å². The predicted octanol–water partition coefficient (Wildman–Crippen LogP) is 4.66. The number of fused-ring (bicyclic) bond motifs is 1. The first-order valence-electron chi connectivity index (χ1n) is 10.6. The zero-order chi connectivity index (χ0) is 23.5. The monoisotopic (exact) mass is 475 g/mol. The van der Waals surface area contributed by atoms with Crippen LogP contribution in [-0.4, -0.2) is 43.3 Å². The van der Waals surface area contributed by atoms with Gasteiger partial charge in [-0.05, 0) is 49.1 Å². The summed E-state index contributed by atoms with van der Waals surface area (Å²) < 4.78 is 64.6. The first-order chi connectivity index (χ1) is 15.7. The molecule has 0 aliphatic carbocycles. The molecule has 1 fully saturated rings. The Balaban J connectivity index is 1.61. The maximum atomic E-state index is 13.3. The van der Waals surface area contributed by atoms with E-state index in [9.17, 15) is 21.6 Å².